The van der Waals surface area contributed by atoms with Crippen LogP contribution in [-0.4, -0.2) is 65.0 Å². The summed E-state index contributed by atoms with van der Waals surface area (Å²) >= 11 is 0. The van der Waals surface area contributed by atoms with Crippen LogP contribution in [0.4, 0.5) is 20.6 Å². The molecular weight excluding hydrogens is 443 g/mol. The molecule has 1 amide bonds. The topological polar surface area (TPSA) is 96.4 Å². The summed E-state index contributed by atoms with van der Waals surface area (Å²) < 4.78 is 56.9. The number of amides is 1. The molecule has 0 radical (unpaired) electrons. The number of ether oxygens (including phenoxy) is 1. The Bertz CT molecular complexity index is 943. The van der Waals surface area contributed by atoms with Gasteiger partial charge in [-0.05, 0) is 36.3 Å². The van der Waals surface area contributed by atoms with Crippen molar-refractivity contribution < 1.29 is 31.3 Å². The molecule has 31 heavy (non-hydrogen) atoms. The van der Waals surface area contributed by atoms with E-state index in [2.05, 4.69) is 33.9 Å². The first-order valence-electron chi connectivity index (χ1n) is 10.3. The Morgan fingerprint density at radius 2 is 1.90 bits per heavy atom. The molecule has 2 fully saturated rings. The molecule has 2 aliphatic heterocycles. The Morgan fingerprint density at radius 3 is 2.45 bits per heavy atom. The summed E-state index contributed by atoms with van der Waals surface area (Å²) in [6.45, 7) is 12.3. The zero-order valence-electron chi connectivity index (χ0n) is 18.6. The molecule has 1 aromatic rings. The molecule has 3 rings (SSSR count). The number of hydrogen-bond donors (Lipinski definition) is 1. The lowest BCUT2D eigenvalue weighted by Crippen LogP contribution is -2.58. The van der Waals surface area contributed by atoms with Gasteiger partial charge in [0.2, 0.25) is 0 Å². The summed E-state index contributed by atoms with van der Waals surface area (Å²) in [6.07, 6.45) is -1.29. The molecule has 0 saturated carbocycles. The van der Waals surface area contributed by atoms with Gasteiger partial charge in [0, 0.05) is 19.5 Å². The zero-order valence-corrected chi connectivity index (χ0v) is 20.4. The van der Waals surface area contributed by atoms with Gasteiger partial charge in [-0.15, -0.1) is 0 Å². The second kappa shape index (κ2) is 8.34. The molecule has 0 bridgehead atoms. The molecule has 0 aliphatic carbocycles. The predicted octanol–water partition coefficient (Wildman–Crippen LogP) is 3.64. The van der Waals surface area contributed by atoms with E-state index < -0.39 is 42.2 Å². The van der Waals surface area contributed by atoms with Crippen molar-refractivity contribution in [2.45, 2.75) is 57.5 Å². The molecule has 1 N–H and O–H groups in total. The van der Waals surface area contributed by atoms with Gasteiger partial charge in [0.25, 0.3) is 10.1 Å². The van der Waals surface area contributed by atoms with Crippen LogP contribution in [0.15, 0.2) is 18.2 Å². The number of hydrogen-bond acceptors (Lipinski definition) is 6. The number of carbonyl (C=O) groups excluding carboxylic acids is 1. The Labute approximate surface area is 184 Å². The lowest BCUT2D eigenvalue weighted by atomic mass is 10.1. The van der Waals surface area contributed by atoms with E-state index in [1.807, 2.05) is 4.90 Å². The van der Waals surface area contributed by atoms with Gasteiger partial charge in [0.1, 0.15) is 11.9 Å². The lowest BCUT2D eigenvalue weighted by molar-refractivity contribution is 0.139. The quantitative estimate of drug-likeness (QED) is 0.476. The first-order valence-corrected chi connectivity index (χ1v) is 14.8. The van der Waals surface area contributed by atoms with Crippen molar-refractivity contribution in [1.82, 2.24) is 0 Å². The van der Waals surface area contributed by atoms with Crippen LogP contribution in [0.1, 0.15) is 27.2 Å². The van der Waals surface area contributed by atoms with Crippen LogP contribution < -0.4 is 9.80 Å². The molecular formula is C20H31FN2O6SSi. The molecule has 2 saturated heterocycles. The van der Waals surface area contributed by atoms with Crippen molar-refractivity contribution in [2.75, 3.05) is 35.2 Å². The number of benzene rings is 1. The Morgan fingerprint density at radius 1 is 1.26 bits per heavy atom. The summed E-state index contributed by atoms with van der Waals surface area (Å²) in [5.74, 6) is -0.948. The van der Waals surface area contributed by atoms with E-state index in [-0.39, 0.29) is 24.1 Å². The van der Waals surface area contributed by atoms with E-state index in [9.17, 15) is 17.6 Å². The average molecular weight is 475 g/mol. The van der Waals surface area contributed by atoms with E-state index in [0.717, 1.165) is 0 Å². The maximum atomic E-state index is 14.8. The van der Waals surface area contributed by atoms with E-state index in [1.54, 1.807) is 12.1 Å². The maximum Gasteiger partial charge on any atom is 0.414 e. The van der Waals surface area contributed by atoms with Crippen LogP contribution >= 0.6 is 0 Å². The molecule has 11 heteroatoms. The van der Waals surface area contributed by atoms with Crippen LogP contribution in [0.3, 0.4) is 0 Å². The van der Waals surface area contributed by atoms with Gasteiger partial charge in [0.15, 0.2) is 8.32 Å². The zero-order chi connectivity index (χ0) is 23.2. The van der Waals surface area contributed by atoms with E-state index in [1.165, 1.54) is 11.0 Å². The van der Waals surface area contributed by atoms with Gasteiger partial charge >= 0.3 is 6.09 Å². The summed E-state index contributed by atoms with van der Waals surface area (Å²) in [5.41, 5.74) is 0.796. The average Bonchev–Trinajstić information content (AvgIpc) is 2.96. The Kier molecular flexibility index (Phi) is 6.45. The summed E-state index contributed by atoms with van der Waals surface area (Å²) in [7, 11) is -6.01. The van der Waals surface area contributed by atoms with Crippen molar-refractivity contribution in [3.63, 3.8) is 0 Å². The monoisotopic (exact) mass is 474 g/mol. The fourth-order valence-electron chi connectivity index (χ4n) is 3.39. The normalized spacial score (nSPS) is 20.7. The Hall–Kier alpha value is -1.69. The number of cyclic esters (lactones) is 1. The summed E-state index contributed by atoms with van der Waals surface area (Å²) in [4.78, 5) is 15.3. The summed E-state index contributed by atoms with van der Waals surface area (Å²) in [6, 6.07) is 4.56. The van der Waals surface area contributed by atoms with Gasteiger partial charge in [-0.1, -0.05) is 20.8 Å². The third kappa shape index (κ3) is 5.57. The number of rotatable bonds is 7. The highest BCUT2D eigenvalue weighted by Gasteiger charge is 2.42. The number of carbonyl (C=O) groups is 1. The second-order valence-electron chi connectivity index (χ2n) is 9.73. The van der Waals surface area contributed by atoms with E-state index >= 15 is 0 Å². The molecule has 8 nitrogen and oxygen atoms in total. The molecule has 1 atom stereocenters. The van der Waals surface area contributed by atoms with Gasteiger partial charge in [-0.3, -0.25) is 9.45 Å². The number of halogens is 1. The minimum absolute atomic E-state index is 0.0228. The maximum absolute atomic E-state index is 14.8. The summed E-state index contributed by atoms with van der Waals surface area (Å²) in [5, 5.41) is 0.115. The van der Waals surface area contributed by atoms with Gasteiger partial charge in [-0.25, -0.2) is 9.18 Å². The van der Waals surface area contributed by atoms with E-state index in [4.69, 9.17) is 13.7 Å². The minimum atomic E-state index is -4.14. The molecule has 174 valence electrons. The smallest absolute Gasteiger partial charge is 0.414 e. The van der Waals surface area contributed by atoms with Gasteiger partial charge in [0.05, 0.1) is 29.8 Å². The van der Waals surface area contributed by atoms with Crippen molar-refractivity contribution in [2.24, 2.45) is 0 Å². The fraction of sp³-hybridized carbons (Fsp3) is 0.650. The van der Waals surface area contributed by atoms with Crippen LogP contribution in [0.5, 0.6) is 0 Å². The number of anilines is 2. The standard InChI is InChI=1S/C20H31FN2O6SSi/c1-20(2,3)31(4,5)29-16-11-22(12-16)18-7-6-14(10-17(18)21)23-13-15(28-19(23)24)8-9-30(25,26)27/h6-7,10,15-16H,8-9,11-13H2,1-5H3,(H,25,26,27). The van der Waals surface area contributed by atoms with Crippen LogP contribution in [0.25, 0.3) is 0 Å². The number of nitrogens with zero attached hydrogens (tertiary/aromatic N) is 2. The van der Waals surface area contributed by atoms with Gasteiger partial charge in [-0.2, -0.15) is 8.42 Å². The Balaban J connectivity index is 1.60. The lowest BCUT2D eigenvalue weighted by Gasteiger charge is -2.47. The molecule has 1 aromatic carbocycles. The highest BCUT2D eigenvalue weighted by atomic mass is 32.2. The fourth-order valence-corrected chi connectivity index (χ4v) is 5.28. The molecule has 2 heterocycles. The van der Waals surface area contributed by atoms with Crippen LogP contribution in [-0.2, 0) is 19.3 Å². The van der Waals surface area contributed by atoms with Crippen molar-refractivity contribution in [3.05, 3.63) is 24.0 Å². The minimum Gasteiger partial charge on any atom is -0.444 e. The third-order valence-corrected chi connectivity index (χ3v) is 11.6. The first-order chi connectivity index (χ1) is 14.2. The van der Waals surface area contributed by atoms with Crippen LogP contribution in [0, 0.1) is 5.82 Å². The highest BCUT2D eigenvalue weighted by molar-refractivity contribution is 7.85. The molecule has 0 spiro atoms. The molecule has 0 aromatic heterocycles. The van der Waals surface area contributed by atoms with Crippen molar-refractivity contribution in [1.29, 1.82) is 0 Å². The molecule has 1 unspecified atom stereocenters. The van der Waals surface area contributed by atoms with Crippen LogP contribution in [0.2, 0.25) is 18.1 Å². The van der Waals surface area contributed by atoms with Gasteiger partial charge < -0.3 is 14.1 Å². The predicted molar refractivity (Wildman–Crippen MR) is 119 cm³/mol. The first kappa shape index (κ1) is 24.0. The SMILES string of the molecule is CC(C)(C)[Si](C)(C)OC1CN(c2ccc(N3CC(CCS(=O)(=O)O)OC3=O)cc2F)C1. The molecule has 2 aliphatic rings. The van der Waals surface area contributed by atoms with Crippen molar-refractivity contribution in [3.8, 4) is 0 Å². The van der Waals surface area contributed by atoms with Crippen molar-refractivity contribution >= 4 is 35.9 Å². The van der Waals surface area contributed by atoms with E-state index in [0.29, 0.717) is 24.5 Å². The largest absolute Gasteiger partial charge is 0.444 e. The highest BCUT2D eigenvalue weighted by Crippen LogP contribution is 2.39. The second-order valence-corrected chi connectivity index (χ2v) is 16.1. The third-order valence-electron chi connectivity index (χ3n) is 6.27.